The highest BCUT2D eigenvalue weighted by atomic mass is 16.3. The molecule has 0 spiro atoms. The third-order valence-electron chi connectivity index (χ3n) is 3.73. The van der Waals surface area contributed by atoms with Gasteiger partial charge in [-0.2, -0.15) is 0 Å². The number of nitrogens with two attached hydrogens (primary N) is 1. The van der Waals surface area contributed by atoms with Gasteiger partial charge in [0.25, 0.3) is 0 Å². The zero-order chi connectivity index (χ0) is 11.3. The molecule has 1 saturated carbocycles. The molecule has 16 heavy (non-hydrogen) atoms. The first-order valence-electron chi connectivity index (χ1n) is 6.28. The molecule has 2 rings (SSSR count). The molecule has 0 aromatic carbocycles. The van der Waals surface area contributed by atoms with Gasteiger partial charge in [-0.25, -0.2) is 0 Å². The van der Waals surface area contributed by atoms with Gasteiger partial charge in [-0.3, -0.25) is 0 Å². The molecule has 90 valence electrons. The Labute approximate surface area is 97.4 Å². The second-order valence-electron chi connectivity index (χ2n) is 4.92. The van der Waals surface area contributed by atoms with E-state index in [9.17, 15) is 0 Å². The molecule has 0 aliphatic heterocycles. The summed E-state index contributed by atoms with van der Waals surface area (Å²) in [6, 6.07) is 3.96. The molecular weight excluding hydrogens is 200 g/mol. The highest BCUT2D eigenvalue weighted by Gasteiger charge is 2.31. The second kappa shape index (κ2) is 5.51. The number of nitrogens with one attached hydrogen (secondary N) is 1. The third-order valence-corrected chi connectivity index (χ3v) is 3.73. The molecule has 0 atom stereocenters. The van der Waals surface area contributed by atoms with E-state index >= 15 is 0 Å². The largest absolute Gasteiger partial charge is 0.469 e. The predicted molar refractivity (Wildman–Crippen MR) is 65.2 cm³/mol. The highest BCUT2D eigenvalue weighted by molar-refractivity contribution is 4.98. The lowest BCUT2D eigenvalue weighted by atomic mass is 9.86. The predicted octanol–water partition coefficient (Wildman–Crippen LogP) is 1.93. The molecule has 3 nitrogen and oxygen atoms in total. The van der Waals surface area contributed by atoms with E-state index in [1.54, 1.807) is 6.26 Å². The van der Waals surface area contributed by atoms with Crippen LogP contribution in [0.2, 0.25) is 0 Å². The van der Waals surface area contributed by atoms with Crippen LogP contribution in [-0.2, 0) is 6.42 Å². The van der Waals surface area contributed by atoms with Crippen LogP contribution in [0.5, 0.6) is 0 Å². The fourth-order valence-electron chi connectivity index (χ4n) is 2.60. The first-order chi connectivity index (χ1) is 7.85. The van der Waals surface area contributed by atoms with Gasteiger partial charge in [-0.1, -0.05) is 12.8 Å². The Bertz CT molecular complexity index is 289. The Morgan fingerprint density at radius 3 is 2.81 bits per heavy atom. The fourth-order valence-corrected chi connectivity index (χ4v) is 2.60. The van der Waals surface area contributed by atoms with Gasteiger partial charge >= 0.3 is 0 Å². The molecule has 1 aliphatic rings. The van der Waals surface area contributed by atoms with Crippen LogP contribution in [0, 0.1) is 5.41 Å². The van der Waals surface area contributed by atoms with E-state index in [0.29, 0.717) is 5.41 Å². The summed E-state index contributed by atoms with van der Waals surface area (Å²) in [5.41, 5.74) is 6.27. The molecule has 0 saturated heterocycles. The zero-order valence-corrected chi connectivity index (χ0v) is 9.87. The average molecular weight is 222 g/mol. The van der Waals surface area contributed by atoms with Crippen molar-refractivity contribution in [3.8, 4) is 0 Å². The van der Waals surface area contributed by atoms with E-state index in [-0.39, 0.29) is 0 Å². The summed E-state index contributed by atoms with van der Waals surface area (Å²) in [4.78, 5) is 0. The first kappa shape index (κ1) is 11.7. The van der Waals surface area contributed by atoms with Crippen molar-refractivity contribution in [1.82, 2.24) is 5.32 Å². The van der Waals surface area contributed by atoms with Gasteiger partial charge in [0, 0.05) is 19.5 Å². The molecule has 0 radical (unpaired) electrons. The summed E-state index contributed by atoms with van der Waals surface area (Å²) in [5.74, 6) is 1.06. The Morgan fingerprint density at radius 2 is 2.19 bits per heavy atom. The van der Waals surface area contributed by atoms with Crippen molar-refractivity contribution in [2.75, 3.05) is 19.6 Å². The van der Waals surface area contributed by atoms with Crippen LogP contribution >= 0.6 is 0 Å². The monoisotopic (exact) mass is 222 g/mol. The summed E-state index contributed by atoms with van der Waals surface area (Å²) < 4.78 is 5.29. The van der Waals surface area contributed by atoms with Crippen LogP contribution < -0.4 is 11.1 Å². The lowest BCUT2D eigenvalue weighted by Gasteiger charge is -2.27. The quantitative estimate of drug-likeness (QED) is 0.723. The standard InChI is InChI=1S/C13H22N2O/c14-10-13(6-1-2-7-13)11-15-8-5-12-4-3-9-16-12/h3-4,9,15H,1-2,5-8,10-11,14H2. The van der Waals surface area contributed by atoms with E-state index in [1.165, 1.54) is 25.7 Å². The molecule has 0 unspecified atom stereocenters. The molecule has 1 aromatic heterocycles. The number of hydrogen-bond acceptors (Lipinski definition) is 3. The van der Waals surface area contributed by atoms with Crippen LogP contribution in [0.25, 0.3) is 0 Å². The molecular formula is C13H22N2O. The summed E-state index contributed by atoms with van der Waals surface area (Å²) >= 11 is 0. The Morgan fingerprint density at radius 1 is 1.38 bits per heavy atom. The van der Waals surface area contributed by atoms with Crippen molar-refractivity contribution in [3.05, 3.63) is 24.2 Å². The lowest BCUT2D eigenvalue weighted by Crippen LogP contribution is -2.38. The summed E-state index contributed by atoms with van der Waals surface area (Å²) in [6.07, 6.45) is 7.96. The van der Waals surface area contributed by atoms with Crippen LogP contribution in [0.3, 0.4) is 0 Å². The third kappa shape index (κ3) is 2.86. The van der Waals surface area contributed by atoms with Crippen molar-refractivity contribution < 1.29 is 4.42 Å². The Kier molecular flexibility index (Phi) is 4.02. The van der Waals surface area contributed by atoms with E-state index in [1.807, 2.05) is 12.1 Å². The minimum Gasteiger partial charge on any atom is -0.469 e. The minimum atomic E-state index is 0.378. The average Bonchev–Trinajstić information content (AvgIpc) is 2.97. The first-order valence-corrected chi connectivity index (χ1v) is 6.28. The normalized spacial score (nSPS) is 19.1. The minimum absolute atomic E-state index is 0.378. The summed E-state index contributed by atoms with van der Waals surface area (Å²) in [5, 5.41) is 3.52. The van der Waals surface area contributed by atoms with Crippen molar-refractivity contribution in [1.29, 1.82) is 0 Å². The van der Waals surface area contributed by atoms with Crippen LogP contribution in [0.4, 0.5) is 0 Å². The van der Waals surface area contributed by atoms with E-state index in [2.05, 4.69) is 5.32 Å². The van der Waals surface area contributed by atoms with Gasteiger partial charge in [0.15, 0.2) is 0 Å². The van der Waals surface area contributed by atoms with Crippen LogP contribution in [-0.4, -0.2) is 19.6 Å². The maximum atomic E-state index is 5.89. The van der Waals surface area contributed by atoms with Crippen molar-refractivity contribution in [2.24, 2.45) is 11.1 Å². The van der Waals surface area contributed by atoms with Crippen LogP contribution in [0.15, 0.2) is 22.8 Å². The van der Waals surface area contributed by atoms with E-state index < -0.39 is 0 Å². The summed E-state index contributed by atoms with van der Waals surface area (Å²) in [7, 11) is 0. The molecule has 0 bridgehead atoms. The Balaban J connectivity index is 1.67. The van der Waals surface area contributed by atoms with E-state index in [0.717, 1.165) is 31.8 Å². The van der Waals surface area contributed by atoms with Gasteiger partial charge in [0.1, 0.15) is 5.76 Å². The molecule has 3 heteroatoms. The van der Waals surface area contributed by atoms with E-state index in [4.69, 9.17) is 10.2 Å². The molecule has 0 amide bonds. The highest BCUT2D eigenvalue weighted by Crippen LogP contribution is 2.36. The number of furan rings is 1. The summed E-state index contributed by atoms with van der Waals surface area (Å²) in [6.45, 7) is 2.86. The fraction of sp³-hybridized carbons (Fsp3) is 0.692. The topological polar surface area (TPSA) is 51.2 Å². The molecule has 1 aliphatic carbocycles. The second-order valence-corrected chi connectivity index (χ2v) is 4.92. The SMILES string of the molecule is NCC1(CNCCc2ccco2)CCCC1. The molecule has 1 fully saturated rings. The Hall–Kier alpha value is -0.800. The maximum Gasteiger partial charge on any atom is 0.105 e. The number of hydrogen-bond donors (Lipinski definition) is 2. The van der Waals surface area contributed by atoms with Gasteiger partial charge < -0.3 is 15.5 Å². The molecule has 1 aromatic rings. The molecule has 3 N–H and O–H groups in total. The van der Waals surface area contributed by atoms with Crippen molar-refractivity contribution >= 4 is 0 Å². The smallest absolute Gasteiger partial charge is 0.105 e. The van der Waals surface area contributed by atoms with Gasteiger partial charge in [0.2, 0.25) is 0 Å². The van der Waals surface area contributed by atoms with Crippen molar-refractivity contribution in [2.45, 2.75) is 32.1 Å². The van der Waals surface area contributed by atoms with Crippen molar-refractivity contribution in [3.63, 3.8) is 0 Å². The van der Waals surface area contributed by atoms with Gasteiger partial charge in [0.05, 0.1) is 6.26 Å². The number of rotatable bonds is 6. The zero-order valence-electron chi connectivity index (χ0n) is 9.87. The van der Waals surface area contributed by atoms with Crippen LogP contribution in [0.1, 0.15) is 31.4 Å². The van der Waals surface area contributed by atoms with Gasteiger partial charge in [-0.15, -0.1) is 0 Å². The molecule has 1 heterocycles. The lowest BCUT2D eigenvalue weighted by molar-refractivity contribution is 0.291. The maximum absolute atomic E-state index is 5.89. The van der Waals surface area contributed by atoms with Gasteiger partial charge in [-0.05, 0) is 36.9 Å².